The van der Waals surface area contributed by atoms with Crippen molar-refractivity contribution in [1.29, 1.82) is 0 Å². The van der Waals surface area contributed by atoms with Gasteiger partial charge in [-0.3, -0.25) is 0 Å². The number of urea groups is 1. The van der Waals surface area contributed by atoms with Gasteiger partial charge in [0, 0.05) is 24.6 Å². The van der Waals surface area contributed by atoms with Gasteiger partial charge in [0.2, 0.25) is 0 Å². The second kappa shape index (κ2) is 11.6. The Morgan fingerprint density at radius 3 is 2.35 bits per heavy atom. The Kier molecular flexibility index (Phi) is 7.49. The Labute approximate surface area is 243 Å². The maximum absolute atomic E-state index is 14.5. The Hall–Kier alpha value is -5.26. The number of hydrogen-bond acceptors (Lipinski definition) is 5. The van der Waals surface area contributed by atoms with E-state index in [1.807, 2.05) is 54.6 Å². The Bertz CT molecular complexity index is 1740. The van der Waals surface area contributed by atoms with Crippen molar-refractivity contribution in [2.75, 3.05) is 28.6 Å². The number of halogens is 4. The number of aromatic amines is 1. The lowest BCUT2D eigenvalue weighted by molar-refractivity contribution is -0.137. The third-order valence-electron chi connectivity index (χ3n) is 7.43. The zero-order valence-electron chi connectivity index (χ0n) is 22.6. The number of amides is 2. The standard InChI is InChI=1S/C31H25F4N7O/c32-25-17-22(31(33,34)35)11-12-26(25)36-30(43)37-27-16-20(23-8-4-5-9-24(23)29-38-40-41-39-29)10-13-28(27)42-15-14-21(18-42)19-6-2-1-3-7-19/h1-13,16-17,21H,14-15,18H2,(H2,36,37,43)(H,38,39,40,41). The molecule has 1 aliphatic heterocycles. The summed E-state index contributed by atoms with van der Waals surface area (Å²) < 4.78 is 53.5. The summed E-state index contributed by atoms with van der Waals surface area (Å²) in [6.45, 7) is 1.45. The van der Waals surface area contributed by atoms with Gasteiger partial charge in [0.1, 0.15) is 5.82 Å². The Morgan fingerprint density at radius 2 is 1.63 bits per heavy atom. The first-order valence-electron chi connectivity index (χ1n) is 13.5. The highest BCUT2D eigenvalue weighted by Gasteiger charge is 2.31. The molecule has 1 aliphatic rings. The van der Waals surface area contributed by atoms with Crippen LogP contribution in [-0.2, 0) is 6.18 Å². The molecule has 2 heterocycles. The Morgan fingerprint density at radius 1 is 0.884 bits per heavy atom. The zero-order valence-corrected chi connectivity index (χ0v) is 22.6. The molecule has 6 rings (SSSR count). The van der Waals surface area contributed by atoms with Gasteiger partial charge < -0.3 is 15.5 Å². The molecule has 5 aromatic rings. The van der Waals surface area contributed by atoms with Crippen LogP contribution in [0.25, 0.3) is 22.5 Å². The van der Waals surface area contributed by atoms with Gasteiger partial charge in [0.15, 0.2) is 5.82 Å². The van der Waals surface area contributed by atoms with Crippen molar-refractivity contribution in [3.05, 3.63) is 108 Å². The number of carbonyl (C=O) groups excluding carboxylic acids is 1. The molecule has 1 atom stereocenters. The number of hydrogen-bond donors (Lipinski definition) is 3. The van der Waals surface area contributed by atoms with E-state index in [4.69, 9.17) is 0 Å². The predicted octanol–water partition coefficient (Wildman–Crippen LogP) is 7.33. The van der Waals surface area contributed by atoms with E-state index in [1.54, 1.807) is 6.07 Å². The van der Waals surface area contributed by atoms with Gasteiger partial charge in [0.25, 0.3) is 0 Å². The molecule has 1 unspecified atom stereocenters. The highest BCUT2D eigenvalue weighted by molar-refractivity contribution is 6.03. The molecular weight excluding hydrogens is 562 g/mol. The minimum absolute atomic E-state index is 0.295. The minimum atomic E-state index is -4.71. The lowest BCUT2D eigenvalue weighted by atomic mass is 9.98. The van der Waals surface area contributed by atoms with Crippen LogP contribution < -0.4 is 15.5 Å². The number of nitrogens with zero attached hydrogens (tertiary/aromatic N) is 4. The summed E-state index contributed by atoms with van der Waals surface area (Å²) in [5.74, 6) is -0.433. The lowest BCUT2D eigenvalue weighted by Crippen LogP contribution is -2.24. The fraction of sp³-hybridized carbons (Fsp3) is 0.161. The molecule has 43 heavy (non-hydrogen) atoms. The van der Waals surface area contributed by atoms with Crippen LogP contribution in [0.15, 0.2) is 91.0 Å². The van der Waals surface area contributed by atoms with E-state index in [-0.39, 0.29) is 5.69 Å². The summed E-state index contributed by atoms with van der Waals surface area (Å²) in [6, 6.07) is 24.5. The molecule has 218 valence electrons. The lowest BCUT2D eigenvalue weighted by Gasteiger charge is -2.24. The molecule has 1 saturated heterocycles. The van der Waals surface area contributed by atoms with Crippen molar-refractivity contribution < 1.29 is 22.4 Å². The monoisotopic (exact) mass is 587 g/mol. The number of H-pyrrole nitrogens is 1. The predicted molar refractivity (Wildman–Crippen MR) is 155 cm³/mol. The molecular formula is C31H25F4N7O. The van der Waals surface area contributed by atoms with Crippen LogP contribution in [0.2, 0.25) is 0 Å². The average Bonchev–Trinajstić information content (AvgIpc) is 3.72. The van der Waals surface area contributed by atoms with Crippen molar-refractivity contribution in [2.45, 2.75) is 18.5 Å². The van der Waals surface area contributed by atoms with Crippen molar-refractivity contribution >= 4 is 23.1 Å². The summed E-state index contributed by atoms with van der Waals surface area (Å²) >= 11 is 0. The van der Waals surface area contributed by atoms with Crippen molar-refractivity contribution in [3.8, 4) is 22.5 Å². The molecule has 0 bridgehead atoms. The minimum Gasteiger partial charge on any atom is -0.369 e. The van der Waals surface area contributed by atoms with Gasteiger partial charge in [-0.1, -0.05) is 60.7 Å². The van der Waals surface area contributed by atoms with Crippen molar-refractivity contribution in [2.24, 2.45) is 0 Å². The Balaban J connectivity index is 1.32. The average molecular weight is 588 g/mol. The van der Waals surface area contributed by atoms with Gasteiger partial charge in [-0.2, -0.15) is 13.2 Å². The van der Waals surface area contributed by atoms with E-state index < -0.39 is 23.6 Å². The molecule has 12 heteroatoms. The maximum Gasteiger partial charge on any atom is 0.416 e. The fourth-order valence-electron chi connectivity index (χ4n) is 5.34. The first kappa shape index (κ1) is 27.9. The van der Waals surface area contributed by atoms with Gasteiger partial charge >= 0.3 is 12.2 Å². The largest absolute Gasteiger partial charge is 0.416 e. The third-order valence-corrected chi connectivity index (χ3v) is 7.43. The highest BCUT2D eigenvalue weighted by Crippen LogP contribution is 2.39. The third kappa shape index (κ3) is 6.03. The summed E-state index contributed by atoms with van der Waals surface area (Å²) in [6.07, 6.45) is -3.79. The van der Waals surface area contributed by atoms with Crippen LogP contribution in [0.4, 0.5) is 39.4 Å². The van der Waals surface area contributed by atoms with Crippen LogP contribution in [-0.4, -0.2) is 39.7 Å². The van der Waals surface area contributed by atoms with Crippen LogP contribution in [0.1, 0.15) is 23.5 Å². The number of nitrogens with one attached hydrogen (secondary N) is 3. The second-order valence-electron chi connectivity index (χ2n) is 10.1. The van der Waals surface area contributed by atoms with E-state index in [2.05, 4.69) is 48.3 Å². The molecule has 2 amide bonds. The molecule has 3 N–H and O–H groups in total. The van der Waals surface area contributed by atoms with Crippen LogP contribution in [0, 0.1) is 5.82 Å². The number of carbonyl (C=O) groups is 1. The van der Waals surface area contributed by atoms with E-state index in [0.717, 1.165) is 41.4 Å². The first-order chi connectivity index (χ1) is 20.8. The highest BCUT2D eigenvalue weighted by atomic mass is 19.4. The van der Waals surface area contributed by atoms with Gasteiger partial charge in [-0.05, 0) is 63.9 Å². The summed E-state index contributed by atoms with van der Waals surface area (Å²) in [4.78, 5) is 15.3. The van der Waals surface area contributed by atoms with E-state index >= 15 is 0 Å². The number of anilines is 3. The number of tetrazole rings is 1. The molecule has 1 aromatic heterocycles. The summed E-state index contributed by atoms with van der Waals surface area (Å²) in [5.41, 5.74) is 3.20. The molecule has 0 radical (unpaired) electrons. The molecule has 0 saturated carbocycles. The molecule has 0 spiro atoms. The van der Waals surface area contributed by atoms with Crippen molar-refractivity contribution in [3.63, 3.8) is 0 Å². The fourth-order valence-corrected chi connectivity index (χ4v) is 5.34. The SMILES string of the molecule is O=C(Nc1ccc(C(F)(F)F)cc1F)Nc1cc(-c2ccccc2-c2nnn[nH]2)ccc1N1CCC(c2ccccc2)C1. The van der Waals surface area contributed by atoms with Crippen molar-refractivity contribution in [1.82, 2.24) is 20.6 Å². The number of rotatable bonds is 6. The zero-order chi connectivity index (χ0) is 30.0. The van der Waals surface area contributed by atoms with E-state index in [1.165, 1.54) is 5.56 Å². The van der Waals surface area contributed by atoms with E-state index in [0.29, 0.717) is 36.1 Å². The molecule has 0 aliphatic carbocycles. The number of alkyl halides is 3. The second-order valence-corrected chi connectivity index (χ2v) is 10.1. The van der Waals surface area contributed by atoms with Gasteiger partial charge in [0.05, 0.1) is 22.6 Å². The van der Waals surface area contributed by atoms with Gasteiger partial charge in [-0.15, -0.1) is 5.10 Å². The first-order valence-corrected chi connectivity index (χ1v) is 13.5. The van der Waals surface area contributed by atoms with Gasteiger partial charge in [-0.25, -0.2) is 14.3 Å². The topological polar surface area (TPSA) is 98.8 Å². The quantitative estimate of drug-likeness (QED) is 0.181. The van der Waals surface area contributed by atoms with E-state index in [9.17, 15) is 22.4 Å². The number of aromatic nitrogens is 4. The molecule has 8 nitrogen and oxygen atoms in total. The summed E-state index contributed by atoms with van der Waals surface area (Å²) in [5, 5.41) is 19.3. The normalized spacial score (nSPS) is 15.0. The smallest absolute Gasteiger partial charge is 0.369 e. The molecule has 1 fully saturated rings. The number of benzene rings is 4. The van der Waals surface area contributed by atoms with Crippen LogP contribution >= 0.6 is 0 Å². The maximum atomic E-state index is 14.5. The molecule has 4 aromatic carbocycles. The van der Waals surface area contributed by atoms with Crippen LogP contribution in [0.5, 0.6) is 0 Å². The van der Waals surface area contributed by atoms with Crippen LogP contribution in [0.3, 0.4) is 0 Å². The summed E-state index contributed by atoms with van der Waals surface area (Å²) in [7, 11) is 0.